The molecule has 0 spiro atoms. The number of anilines is 1. The standard InChI is InChI=1S/C15H14ClN3O3/c16-7-10(20)8-18-9-3-4-11(12(21)6-9)15-19-14-13(22-15)2-1-5-17-14/h1-6,10,18,20-21H,7-8H2. The monoisotopic (exact) mass is 319 g/mol. The van der Waals surface area contributed by atoms with Crippen LogP contribution in [0, 0.1) is 0 Å². The van der Waals surface area contributed by atoms with Crippen molar-refractivity contribution >= 4 is 28.5 Å². The van der Waals surface area contributed by atoms with E-state index in [1.807, 2.05) is 0 Å². The van der Waals surface area contributed by atoms with E-state index in [0.29, 0.717) is 34.9 Å². The molecule has 3 aromatic rings. The Kier molecular flexibility index (Phi) is 4.13. The van der Waals surface area contributed by atoms with Crippen LogP contribution in [0.3, 0.4) is 0 Å². The molecule has 3 rings (SSSR count). The minimum atomic E-state index is -0.647. The second-order valence-electron chi connectivity index (χ2n) is 4.77. The van der Waals surface area contributed by atoms with Crippen LogP contribution < -0.4 is 5.32 Å². The number of fused-ring (bicyclic) bond motifs is 1. The Labute approximate surface area is 131 Å². The van der Waals surface area contributed by atoms with Crippen molar-refractivity contribution < 1.29 is 14.6 Å². The van der Waals surface area contributed by atoms with E-state index < -0.39 is 6.10 Å². The molecule has 22 heavy (non-hydrogen) atoms. The summed E-state index contributed by atoms with van der Waals surface area (Å²) in [6, 6.07) is 8.51. The lowest BCUT2D eigenvalue weighted by atomic mass is 10.1. The van der Waals surface area contributed by atoms with E-state index in [0.717, 1.165) is 0 Å². The van der Waals surface area contributed by atoms with Crippen LogP contribution in [0.15, 0.2) is 40.9 Å². The van der Waals surface area contributed by atoms with Gasteiger partial charge in [-0.2, -0.15) is 4.98 Å². The first kappa shape index (κ1) is 14.6. The first-order valence-electron chi connectivity index (χ1n) is 6.70. The van der Waals surface area contributed by atoms with Gasteiger partial charge in [-0.15, -0.1) is 11.6 Å². The SMILES string of the molecule is Oc1cc(NCC(O)CCl)ccc1-c1nc2ncccc2o1. The maximum absolute atomic E-state index is 10.1. The Morgan fingerprint density at radius 1 is 1.32 bits per heavy atom. The van der Waals surface area contributed by atoms with E-state index in [1.54, 1.807) is 36.5 Å². The second kappa shape index (κ2) is 6.21. The topological polar surface area (TPSA) is 91.4 Å². The van der Waals surface area contributed by atoms with Gasteiger partial charge in [0.1, 0.15) is 5.75 Å². The third kappa shape index (κ3) is 2.98. The van der Waals surface area contributed by atoms with Crippen molar-refractivity contribution in [3.63, 3.8) is 0 Å². The molecule has 0 radical (unpaired) electrons. The Hall–Kier alpha value is -2.31. The largest absolute Gasteiger partial charge is 0.507 e. The minimum absolute atomic E-state index is 0.0249. The van der Waals surface area contributed by atoms with Crippen molar-refractivity contribution in [1.82, 2.24) is 9.97 Å². The summed E-state index contributed by atoms with van der Waals surface area (Å²) in [5.74, 6) is 0.475. The summed E-state index contributed by atoms with van der Waals surface area (Å²) in [7, 11) is 0. The number of pyridine rings is 1. The van der Waals surface area contributed by atoms with Gasteiger partial charge in [0, 0.05) is 24.5 Å². The van der Waals surface area contributed by atoms with Crippen LogP contribution in [-0.2, 0) is 0 Å². The van der Waals surface area contributed by atoms with Crippen molar-refractivity contribution in [2.24, 2.45) is 0 Å². The molecule has 1 unspecified atom stereocenters. The summed E-state index contributed by atoms with van der Waals surface area (Å²) in [4.78, 5) is 8.34. The lowest BCUT2D eigenvalue weighted by Crippen LogP contribution is -2.20. The van der Waals surface area contributed by atoms with Gasteiger partial charge in [-0.3, -0.25) is 0 Å². The zero-order valence-electron chi connectivity index (χ0n) is 11.5. The summed E-state index contributed by atoms with van der Waals surface area (Å²) < 4.78 is 5.58. The highest BCUT2D eigenvalue weighted by atomic mass is 35.5. The van der Waals surface area contributed by atoms with Crippen molar-refractivity contribution in [1.29, 1.82) is 0 Å². The second-order valence-corrected chi connectivity index (χ2v) is 5.07. The zero-order chi connectivity index (χ0) is 15.5. The van der Waals surface area contributed by atoms with Crippen molar-refractivity contribution in [2.75, 3.05) is 17.7 Å². The van der Waals surface area contributed by atoms with Crippen LogP contribution in [-0.4, -0.2) is 38.7 Å². The normalized spacial score (nSPS) is 12.5. The molecule has 0 aliphatic rings. The van der Waals surface area contributed by atoms with Gasteiger partial charge in [0.2, 0.25) is 5.89 Å². The van der Waals surface area contributed by atoms with E-state index in [-0.39, 0.29) is 11.6 Å². The molecule has 0 saturated carbocycles. The fourth-order valence-corrected chi connectivity index (χ4v) is 2.11. The van der Waals surface area contributed by atoms with Gasteiger partial charge in [-0.1, -0.05) is 0 Å². The summed E-state index contributed by atoms with van der Waals surface area (Å²) in [6.07, 6.45) is 0.982. The third-order valence-electron chi connectivity index (χ3n) is 3.11. The summed E-state index contributed by atoms with van der Waals surface area (Å²) in [5, 5.41) is 22.5. The molecular weight excluding hydrogens is 306 g/mol. The highest BCUT2D eigenvalue weighted by Crippen LogP contribution is 2.32. The molecule has 0 amide bonds. The number of aliphatic hydroxyl groups is 1. The Bertz CT molecular complexity index is 758. The molecule has 2 aromatic heterocycles. The van der Waals surface area contributed by atoms with Gasteiger partial charge in [-0.25, -0.2) is 4.98 Å². The predicted octanol–water partition coefficient (Wildman–Crippen LogP) is 2.61. The molecule has 1 aromatic carbocycles. The number of rotatable bonds is 5. The molecule has 0 aliphatic heterocycles. The molecule has 7 heteroatoms. The lowest BCUT2D eigenvalue weighted by molar-refractivity contribution is 0.211. The average Bonchev–Trinajstić information content (AvgIpc) is 2.96. The number of hydrogen-bond acceptors (Lipinski definition) is 6. The number of hydrogen-bond donors (Lipinski definition) is 3. The number of oxazole rings is 1. The molecule has 6 nitrogen and oxygen atoms in total. The molecule has 3 N–H and O–H groups in total. The lowest BCUT2D eigenvalue weighted by Gasteiger charge is -2.11. The van der Waals surface area contributed by atoms with E-state index in [4.69, 9.17) is 16.0 Å². The van der Waals surface area contributed by atoms with Crippen LogP contribution in [0.25, 0.3) is 22.7 Å². The van der Waals surface area contributed by atoms with Crippen molar-refractivity contribution in [3.8, 4) is 17.2 Å². The zero-order valence-corrected chi connectivity index (χ0v) is 12.3. The number of benzene rings is 1. The maximum Gasteiger partial charge on any atom is 0.232 e. The average molecular weight is 320 g/mol. The first-order chi connectivity index (χ1) is 10.7. The van der Waals surface area contributed by atoms with E-state index in [1.165, 1.54) is 0 Å². The van der Waals surface area contributed by atoms with Crippen LogP contribution in [0.2, 0.25) is 0 Å². The number of nitrogens with one attached hydrogen (secondary N) is 1. The minimum Gasteiger partial charge on any atom is -0.507 e. The Morgan fingerprint density at radius 2 is 2.18 bits per heavy atom. The van der Waals surface area contributed by atoms with Crippen LogP contribution in [0.5, 0.6) is 5.75 Å². The predicted molar refractivity (Wildman–Crippen MR) is 84.1 cm³/mol. The maximum atomic E-state index is 10.1. The van der Waals surface area contributed by atoms with E-state index in [9.17, 15) is 10.2 Å². The highest BCUT2D eigenvalue weighted by molar-refractivity contribution is 6.18. The molecule has 0 aliphatic carbocycles. The fourth-order valence-electron chi connectivity index (χ4n) is 2.00. The number of aromatic nitrogens is 2. The molecule has 114 valence electrons. The van der Waals surface area contributed by atoms with Crippen LogP contribution in [0.1, 0.15) is 0 Å². The van der Waals surface area contributed by atoms with Crippen molar-refractivity contribution in [3.05, 3.63) is 36.5 Å². The number of phenolic OH excluding ortho intramolecular Hbond substituents is 1. The number of alkyl halides is 1. The molecule has 2 heterocycles. The molecule has 0 saturated heterocycles. The van der Waals surface area contributed by atoms with Gasteiger partial charge in [0.15, 0.2) is 11.2 Å². The van der Waals surface area contributed by atoms with Gasteiger partial charge < -0.3 is 19.9 Å². The van der Waals surface area contributed by atoms with Crippen LogP contribution in [0.4, 0.5) is 5.69 Å². The van der Waals surface area contributed by atoms with E-state index in [2.05, 4.69) is 15.3 Å². The summed E-state index contributed by atoms with van der Waals surface area (Å²) in [6.45, 7) is 0.301. The first-order valence-corrected chi connectivity index (χ1v) is 7.23. The van der Waals surface area contributed by atoms with Crippen LogP contribution >= 0.6 is 11.6 Å². The number of halogens is 1. The number of aliphatic hydroxyl groups excluding tert-OH is 1. The summed E-state index contributed by atoms with van der Waals surface area (Å²) in [5.41, 5.74) is 2.19. The van der Waals surface area contributed by atoms with Gasteiger partial charge in [0.25, 0.3) is 0 Å². The Balaban J connectivity index is 1.85. The summed E-state index contributed by atoms with van der Waals surface area (Å²) >= 11 is 5.53. The quantitative estimate of drug-likeness (QED) is 0.626. The highest BCUT2D eigenvalue weighted by Gasteiger charge is 2.13. The van der Waals surface area contributed by atoms with Gasteiger partial charge in [0.05, 0.1) is 17.5 Å². The number of aromatic hydroxyl groups is 1. The molecule has 1 atom stereocenters. The smallest absolute Gasteiger partial charge is 0.232 e. The molecule has 0 fully saturated rings. The molecule has 0 bridgehead atoms. The molecular formula is C15H14ClN3O3. The number of phenols is 1. The van der Waals surface area contributed by atoms with Crippen molar-refractivity contribution in [2.45, 2.75) is 6.10 Å². The van der Waals surface area contributed by atoms with E-state index >= 15 is 0 Å². The number of nitrogens with zero attached hydrogens (tertiary/aromatic N) is 2. The fraction of sp³-hybridized carbons (Fsp3) is 0.200. The third-order valence-corrected chi connectivity index (χ3v) is 3.47. The van der Waals surface area contributed by atoms with Gasteiger partial charge in [-0.05, 0) is 24.3 Å². The Morgan fingerprint density at radius 3 is 2.91 bits per heavy atom. The van der Waals surface area contributed by atoms with Gasteiger partial charge >= 0.3 is 0 Å².